The fraction of sp³-hybridized carbons (Fsp3) is 0.188. The molecule has 0 radical (unpaired) electrons. The fourth-order valence-corrected chi connectivity index (χ4v) is 2.60. The molecule has 0 aliphatic carbocycles. The van der Waals surface area contributed by atoms with E-state index in [2.05, 4.69) is 5.32 Å². The van der Waals surface area contributed by atoms with Gasteiger partial charge in [0.25, 0.3) is 0 Å². The molecular formula is C16H14F3NO2S. The van der Waals surface area contributed by atoms with Crippen LogP contribution in [0.5, 0.6) is 5.75 Å². The number of alkyl halides is 3. The number of hydrogen-bond acceptors (Lipinski definition) is 3. The van der Waals surface area contributed by atoms with Crippen molar-refractivity contribution in [1.29, 1.82) is 0 Å². The van der Waals surface area contributed by atoms with Crippen molar-refractivity contribution < 1.29 is 22.7 Å². The number of rotatable bonds is 5. The van der Waals surface area contributed by atoms with Crippen molar-refractivity contribution >= 4 is 23.4 Å². The minimum Gasteiger partial charge on any atom is -0.495 e. The van der Waals surface area contributed by atoms with Gasteiger partial charge in [0.2, 0.25) is 5.91 Å². The Bertz CT molecular complexity index is 689. The monoisotopic (exact) mass is 341 g/mol. The molecule has 2 aromatic rings. The molecule has 0 saturated carbocycles. The fourth-order valence-electron chi connectivity index (χ4n) is 1.85. The van der Waals surface area contributed by atoms with Crippen LogP contribution in [0.1, 0.15) is 5.56 Å². The smallest absolute Gasteiger partial charge is 0.416 e. The highest BCUT2D eigenvalue weighted by molar-refractivity contribution is 8.00. The van der Waals surface area contributed by atoms with Crippen molar-refractivity contribution in [3.05, 3.63) is 54.1 Å². The summed E-state index contributed by atoms with van der Waals surface area (Å²) in [4.78, 5) is 12.3. The molecule has 2 rings (SSSR count). The van der Waals surface area contributed by atoms with Crippen LogP contribution in [-0.2, 0) is 11.0 Å². The Hall–Kier alpha value is -2.15. The Morgan fingerprint density at radius 2 is 1.91 bits per heavy atom. The molecule has 7 heteroatoms. The van der Waals surface area contributed by atoms with Gasteiger partial charge in [-0.05, 0) is 30.3 Å². The maximum atomic E-state index is 12.6. The van der Waals surface area contributed by atoms with E-state index in [1.54, 1.807) is 24.3 Å². The zero-order valence-corrected chi connectivity index (χ0v) is 13.0. The first-order valence-electron chi connectivity index (χ1n) is 6.63. The zero-order chi connectivity index (χ0) is 16.9. The first-order chi connectivity index (χ1) is 10.9. The number of thioether (sulfide) groups is 1. The van der Waals surface area contributed by atoms with E-state index in [1.807, 2.05) is 0 Å². The zero-order valence-electron chi connectivity index (χ0n) is 12.2. The lowest BCUT2D eigenvalue weighted by molar-refractivity contribution is -0.137. The summed E-state index contributed by atoms with van der Waals surface area (Å²) >= 11 is 1.04. The molecule has 0 fully saturated rings. The van der Waals surface area contributed by atoms with Gasteiger partial charge >= 0.3 is 6.18 Å². The normalized spacial score (nSPS) is 11.1. The van der Waals surface area contributed by atoms with Crippen molar-refractivity contribution in [1.82, 2.24) is 0 Å². The predicted octanol–water partition coefficient (Wildman–Crippen LogP) is 4.44. The molecule has 0 spiro atoms. The summed E-state index contributed by atoms with van der Waals surface area (Å²) in [6, 6.07) is 11.8. The Morgan fingerprint density at radius 1 is 1.17 bits per heavy atom. The summed E-state index contributed by atoms with van der Waals surface area (Å²) in [5, 5.41) is 2.67. The summed E-state index contributed by atoms with van der Waals surface area (Å²) in [6.45, 7) is 0. The van der Waals surface area contributed by atoms with Gasteiger partial charge in [0.05, 0.1) is 24.1 Å². The van der Waals surface area contributed by atoms with E-state index in [0.29, 0.717) is 16.3 Å². The highest BCUT2D eigenvalue weighted by Crippen LogP contribution is 2.32. The number of benzene rings is 2. The molecule has 0 aliphatic heterocycles. The molecule has 0 atom stereocenters. The average molecular weight is 341 g/mol. The Labute approximate surface area is 135 Å². The quantitative estimate of drug-likeness (QED) is 0.817. The molecule has 0 aliphatic rings. The van der Waals surface area contributed by atoms with Crippen LogP contribution >= 0.6 is 11.8 Å². The lowest BCUT2D eigenvalue weighted by Gasteiger charge is -2.10. The highest BCUT2D eigenvalue weighted by Gasteiger charge is 2.30. The number of carbonyl (C=O) groups excluding carboxylic acids is 1. The number of para-hydroxylation sites is 2. The van der Waals surface area contributed by atoms with Crippen LogP contribution in [0.4, 0.5) is 18.9 Å². The molecule has 23 heavy (non-hydrogen) atoms. The summed E-state index contributed by atoms with van der Waals surface area (Å²) in [5.41, 5.74) is -0.211. The SMILES string of the molecule is COc1ccccc1NC(=O)CSc1cccc(C(F)(F)F)c1. The van der Waals surface area contributed by atoms with Gasteiger partial charge in [-0.15, -0.1) is 11.8 Å². The maximum Gasteiger partial charge on any atom is 0.416 e. The number of carbonyl (C=O) groups is 1. The summed E-state index contributed by atoms with van der Waals surface area (Å²) in [6.07, 6.45) is -4.39. The van der Waals surface area contributed by atoms with Gasteiger partial charge in [-0.2, -0.15) is 13.2 Å². The van der Waals surface area contributed by atoms with E-state index in [-0.39, 0.29) is 11.7 Å². The van der Waals surface area contributed by atoms with Crippen molar-refractivity contribution in [2.75, 3.05) is 18.2 Å². The molecule has 1 amide bonds. The van der Waals surface area contributed by atoms with Gasteiger partial charge in [-0.25, -0.2) is 0 Å². The molecule has 0 unspecified atom stereocenters. The minimum atomic E-state index is -4.39. The number of hydrogen-bond donors (Lipinski definition) is 1. The van der Waals surface area contributed by atoms with Crippen molar-refractivity contribution in [2.24, 2.45) is 0 Å². The van der Waals surface area contributed by atoms with Crippen molar-refractivity contribution in [3.8, 4) is 5.75 Å². The first kappa shape index (κ1) is 17.2. The maximum absolute atomic E-state index is 12.6. The Kier molecular flexibility index (Phi) is 5.54. The predicted molar refractivity (Wildman–Crippen MR) is 83.8 cm³/mol. The van der Waals surface area contributed by atoms with E-state index in [0.717, 1.165) is 23.9 Å². The lowest BCUT2D eigenvalue weighted by atomic mass is 10.2. The summed E-state index contributed by atoms with van der Waals surface area (Å²) in [5.74, 6) is 0.196. The molecule has 122 valence electrons. The second-order valence-electron chi connectivity index (χ2n) is 4.56. The third-order valence-electron chi connectivity index (χ3n) is 2.91. The Morgan fingerprint density at radius 3 is 2.61 bits per heavy atom. The molecule has 0 heterocycles. The average Bonchev–Trinajstić information content (AvgIpc) is 2.53. The molecular weight excluding hydrogens is 327 g/mol. The number of ether oxygens (including phenoxy) is 1. The minimum absolute atomic E-state index is 0.000636. The molecule has 0 aromatic heterocycles. The van der Waals surface area contributed by atoms with Crippen LogP contribution in [0, 0.1) is 0 Å². The third kappa shape index (κ3) is 4.92. The summed E-state index contributed by atoms with van der Waals surface area (Å²) < 4.78 is 43.0. The van der Waals surface area contributed by atoms with Crippen LogP contribution in [0.15, 0.2) is 53.4 Å². The second-order valence-corrected chi connectivity index (χ2v) is 5.61. The molecule has 3 nitrogen and oxygen atoms in total. The van der Waals surface area contributed by atoms with Crippen LogP contribution in [-0.4, -0.2) is 18.8 Å². The van der Waals surface area contributed by atoms with Crippen LogP contribution < -0.4 is 10.1 Å². The van der Waals surface area contributed by atoms with Gasteiger partial charge < -0.3 is 10.1 Å². The first-order valence-corrected chi connectivity index (χ1v) is 7.61. The van der Waals surface area contributed by atoms with E-state index >= 15 is 0 Å². The molecule has 2 aromatic carbocycles. The molecule has 0 bridgehead atoms. The topological polar surface area (TPSA) is 38.3 Å². The number of anilines is 1. The van der Waals surface area contributed by atoms with Gasteiger partial charge in [0, 0.05) is 4.90 Å². The lowest BCUT2D eigenvalue weighted by Crippen LogP contribution is -2.14. The van der Waals surface area contributed by atoms with E-state index in [4.69, 9.17) is 4.74 Å². The Balaban J connectivity index is 1.97. The van der Waals surface area contributed by atoms with E-state index < -0.39 is 11.7 Å². The third-order valence-corrected chi connectivity index (χ3v) is 3.91. The van der Waals surface area contributed by atoms with E-state index in [9.17, 15) is 18.0 Å². The van der Waals surface area contributed by atoms with Crippen LogP contribution in [0.2, 0.25) is 0 Å². The van der Waals surface area contributed by atoms with Crippen LogP contribution in [0.3, 0.4) is 0 Å². The number of nitrogens with one attached hydrogen (secondary N) is 1. The summed E-state index contributed by atoms with van der Waals surface area (Å²) in [7, 11) is 1.49. The van der Waals surface area contributed by atoms with Crippen LogP contribution in [0.25, 0.3) is 0 Å². The van der Waals surface area contributed by atoms with Gasteiger partial charge in [0.15, 0.2) is 0 Å². The number of methoxy groups -OCH3 is 1. The van der Waals surface area contributed by atoms with E-state index in [1.165, 1.54) is 19.2 Å². The highest BCUT2D eigenvalue weighted by atomic mass is 32.2. The number of halogens is 3. The largest absolute Gasteiger partial charge is 0.495 e. The second kappa shape index (κ2) is 7.41. The van der Waals surface area contributed by atoms with Gasteiger partial charge in [-0.1, -0.05) is 18.2 Å². The number of amides is 1. The van der Waals surface area contributed by atoms with Crippen molar-refractivity contribution in [2.45, 2.75) is 11.1 Å². The van der Waals surface area contributed by atoms with Crippen molar-refractivity contribution in [3.63, 3.8) is 0 Å². The van der Waals surface area contributed by atoms with Gasteiger partial charge in [-0.3, -0.25) is 4.79 Å². The molecule has 0 saturated heterocycles. The molecule has 1 N–H and O–H groups in total. The standard InChI is InChI=1S/C16H14F3NO2S/c1-22-14-8-3-2-7-13(14)20-15(21)10-23-12-6-4-5-11(9-12)16(17,18)19/h2-9H,10H2,1H3,(H,20,21). The van der Waals surface area contributed by atoms with Gasteiger partial charge in [0.1, 0.15) is 5.75 Å².